The van der Waals surface area contributed by atoms with E-state index in [2.05, 4.69) is 5.10 Å². The number of benzene rings is 2. The molecule has 150 valence electrons. The van der Waals surface area contributed by atoms with Crippen molar-refractivity contribution >= 4 is 17.5 Å². The van der Waals surface area contributed by atoms with E-state index in [1.54, 1.807) is 16.9 Å². The molecule has 1 N–H and O–H groups in total. The van der Waals surface area contributed by atoms with Crippen molar-refractivity contribution in [2.75, 3.05) is 6.61 Å². The Morgan fingerprint density at radius 3 is 2.47 bits per heavy atom. The standard InChI is InChI=1S/C23H20N4O3/c1-15-8-6-7-11-18(15)22-20(13-27(26-22)17-9-4-3-5-10-17)23(29)30-14-21(28)19(12-24)16(2)25/h3-11,13,19,25H,14H2,1-2H3/t19-/m0/s1. The van der Waals surface area contributed by atoms with Crippen molar-refractivity contribution in [2.45, 2.75) is 13.8 Å². The van der Waals surface area contributed by atoms with Gasteiger partial charge < -0.3 is 10.1 Å². The molecule has 2 aromatic carbocycles. The van der Waals surface area contributed by atoms with E-state index in [0.717, 1.165) is 16.8 Å². The van der Waals surface area contributed by atoms with Crippen LogP contribution in [-0.2, 0) is 9.53 Å². The summed E-state index contributed by atoms with van der Waals surface area (Å²) >= 11 is 0. The summed E-state index contributed by atoms with van der Waals surface area (Å²) in [7, 11) is 0. The van der Waals surface area contributed by atoms with Gasteiger partial charge in [-0.3, -0.25) is 4.79 Å². The fourth-order valence-electron chi connectivity index (χ4n) is 2.98. The lowest BCUT2D eigenvalue weighted by molar-refractivity contribution is -0.122. The number of para-hydroxylation sites is 1. The van der Waals surface area contributed by atoms with E-state index >= 15 is 0 Å². The fraction of sp³-hybridized carbons (Fsp3) is 0.174. The molecule has 7 heteroatoms. The van der Waals surface area contributed by atoms with Crippen LogP contribution in [0.15, 0.2) is 60.8 Å². The van der Waals surface area contributed by atoms with Crippen LogP contribution in [0.5, 0.6) is 0 Å². The van der Waals surface area contributed by atoms with E-state index in [4.69, 9.17) is 15.4 Å². The van der Waals surface area contributed by atoms with Crippen LogP contribution in [0, 0.1) is 29.6 Å². The van der Waals surface area contributed by atoms with Crippen LogP contribution < -0.4 is 0 Å². The van der Waals surface area contributed by atoms with Crippen LogP contribution >= 0.6 is 0 Å². The van der Waals surface area contributed by atoms with E-state index in [-0.39, 0.29) is 11.3 Å². The topological polar surface area (TPSA) is 109 Å². The van der Waals surface area contributed by atoms with Gasteiger partial charge in [0.2, 0.25) is 0 Å². The number of nitrogens with one attached hydrogen (secondary N) is 1. The van der Waals surface area contributed by atoms with Gasteiger partial charge in [0.1, 0.15) is 17.2 Å². The van der Waals surface area contributed by atoms with E-state index in [0.29, 0.717) is 5.69 Å². The number of hydrogen-bond donors (Lipinski definition) is 1. The number of nitriles is 1. The average molecular weight is 400 g/mol. The quantitative estimate of drug-likeness (QED) is 0.480. The zero-order valence-corrected chi connectivity index (χ0v) is 16.6. The van der Waals surface area contributed by atoms with Crippen molar-refractivity contribution in [3.63, 3.8) is 0 Å². The number of esters is 1. The van der Waals surface area contributed by atoms with Crippen molar-refractivity contribution < 1.29 is 14.3 Å². The number of Topliss-reactive ketones (excluding diaryl/α,β-unsaturated/α-hetero) is 1. The van der Waals surface area contributed by atoms with Crippen LogP contribution in [-0.4, -0.2) is 33.9 Å². The monoisotopic (exact) mass is 400 g/mol. The molecule has 7 nitrogen and oxygen atoms in total. The second-order valence-corrected chi connectivity index (χ2v) is 6.77. The number of carbonyl (C=O) groups is 2. The molecule has 3 rings (SSSR count). The lowest BCUT2D eigenvalue weighted by atomic mass is 10.0. The van der Waals surface area contributed by atoms with Crippen LogP contribution in [0.25, 0.3) is 16.9 Å². The SMILES string of the molecule is CC(=N)[C@H](C#N)C(=O)COC(=O)c1cn(-c2ccccc2)nc1-c1ccccc1C. The second-order valence-electron chi connectivity index (χ2n) is 6.77. The van der Waals surface area contributed by atoms with Crippen LogP contribution in [0.1, 0.15) is 22.8 Å². The second kappa shape index (κ2) is 8.97. The summed E-state index contributed by atoms with van der Waals surface area (Å²) < 4.78 is 6.77. The number of ketones is 1. The van der Waals surface area contributed by atoms with Gasteiger partial charge >= 0.3 is 5.97 Å². The molecule has 0 radical (unpaired) electrons. The highest BCUT2D eigenvalue weighted by molar-refractivity contribution is 6.06. The lowest BCUT2D eigenvalue weighted by Gasteiger charge is -2.08. The largest absolute Gasteiger partial charge is 0.454 e. The molecule has 0 saturated heterocycles. The maximum Gasteiger partial charge on any atom is 0.342 e. The third kappa shape index (κ3) is 4.33. The minimum Gasteiger partial charge on any atom is -0.454 e. The summed E-state index contributed by atoms with van der Waals surface area (Å²) in [6.45, 7) is 2.70. The van der Waals surface area contributed by atoms with Gasteiger partial charge in [-0.1, -0.05) is 42.5 Å². The van der Waals surface area contributed by atoms with Gasteiger partial charge in [0.15, 0.2) is 12.4 Å². The first kappa shape index (κ1) is 20.7. The molecule has 3 aromatic rings. The number of rotatable bonds is 7. The number of aryl methyl sites for hydroxylation is 1. The molecule has 0 amide bonds. The first-order chi connectivity index (χ1) is 14.4. The Labute approximate surface area is 174 Å². The first-order valence-electron chi connectivity index (χ1n) is 9.28. The summed E-state index contributed by atoms with van der Waals surface area (Å²) in [4.78, 5) is 24.9. The Kier molecular flexibility index (Phi) is 6.18. The summed E-state index contributed by atoms with van der Waals surface area (Å²) in [6.07, 6.45) is 1.56. The number of aromatic nitrogens is 2. The molecule has 1 heterocycles. The summed E-state index contributed by atoms with van der Waals surface area (Å²) in [5.74, 6) is -2.57. The van der Waals surface area contributed by atoms with Crippen molar-refractivity contribution in [3.8, 4) is 23.0 Å². The summed E-state index contributed by atoms with van der Waals surface area (Å²) in [5.41, 5.74) is 3.04. The van der Waals surface area contributed by atoms with Gasteiger partial charge in [-0.25, -0.2) is 9.48 Å². The summed E-state index contributed by atoms with van der Waals surface area (Å²) in [6, 6.07) is 18.6. The van der Waals surface area contributed by atoms with Crippen LogP contribution in [0.2, 0.25) is 0 Å². The molecular formula is C23H20N4O3. The van der Waals surface area contributed by atoms with Crippen LogP contribution in [0.3, 0.4) is 0 Å². The third-order valence-electron chi connectivity index (χ3n) is 4.58. The smallest absolute Gasteiger partial charge is 0.342 e. The van der Waals surface area contributed by atoms with E-state index in [1.165, 1.54) is 6.92 Å². The van der Waals surface area contributed by atoms with Crippen molar-refractivity contribution in [1.82, 2.24) is 9.78 Å². The highest BCUT2D eigenvalue weighted by Crippen LogP contribution is 2.27. The maximum atomic E-state index is 12.8. The maximum absolute atomic E-state index is 12.8. The Morgan fingerprint density at radius 1 is 1.17 bits per heavy atom. The average Bonchev–Trinajstić information content (AvgIpc) is 3.18. The molecule has 0 aliphatic heterocycles. The number of nitrogens with zero attached hydrogens (tertiary/aromatic N) is 3. The van der Waals surface area contributed by atoms with Crippen molar-refractivity contribution in [3.05, 3.63) is 71.9 Å². The molecule has 30 heavy (non-hydrogen) atoms. The molecule has 0 saturated carbocycles. The molecule has 0 unspecified atom stereocenters. The van der Waals surface area contributed by atoms with Gasteiger partial charge in [0, 0.05) is 17.5 Å². The number of ether oxygens (including phenoxy) is 1. The molecular weight excluding hydrogens is 380 g/mol. The van der Waals surface area contributed by atoms with Crippen molar-refractivity contribution in [1.29, 1.82) is 10.7 Å². The molecule has 0 fully saturated rings. The molecule has 1 atom stereocenters. The van der Waals surface area contributed by atoms with Gasteiger partial charge in [0.05, 0.1) is 11.8 Å². The van der Waals surface area contributed by atoms with E-state index in [1.807, 2.05) is 61.5 Å². The Morgan fingerprint density at radius 2 is 1.83 bits per heavy atom. The van der Waals surface area contributed by atoms with Gasteiger partial charge in [-0.15, -0.1) is 0 Å². The zero-order valence-electron chi connectivity index (χ0n) is 16.6. The van der Waals surface area contributed by atoms with Gasteiger partial charge in [0.25, 0.3) is 0 Å². The number of carbonyl (C=O) groups excluding carboxylic acids is 2. The number of hydrogen-bond acceptors (Lipinski definition) is 6. The zero-order chi connectivity index (χ0) is 21.7. The van der Waals surface area contributed by atoms with Gasteiger partial charge in [-0.05, 0) is 31.5 Å². The third-order valence-corrected chi connectivity index (χ3v) is 4.58. The molecule has 0 aliphatic carbocycles. The predicted octanol–water partition coefficient (Wildman–Crippen LogP) is 3.75. The molecule has 1 aromatic heterocycles. The normalized spacial score (nSPS) is 11.4. The Balaban J connectivity index is 1.95. The minimum atomic E-state index is -1.22. The van der Waals surface area contributed by atoms with Crippen molar-refractivity contribution in [2.24, 2.45) is 5.92 Å². The Bertz CT molecular complexity index is 1140. The molecule has 0 spiro atoms. The lowest BCUT2D eigenvalue weighted by Crippen LogP contribution is -2.25. The molecule has 0 aliphatic rings. The predicted molar refractivity (Wildman–Crippen MR) is 112 cm³/mol. The fourth-order valence-corrected chi connectivity index (χ4v) is 2.98. The minimum absolute atomic E-state index is 0.0870. The molecule has 0 bridgehead atoms. The highest BCUT2D eigenvalue weighted by atomic mass is 16.5. The summed E-state index contributed by atoms with van der Waals surface area (Å²) in [5, 5.41) is 21.1. The van der Waals surface area contributed by atoms with E-state index < -0.39 is 24.3 Å². The highest BCUT2D eigenvalue weighted by Gasteiger charge is 2.25. The van der Waals surface area contributed by atoms with Crippen LogP contribution in [0.4, 0.5) is 0 Å². The Hall–Kier alpha value is -4.05. The van der Waals surface area contributed by atoms with E-state index in [9.17, 15) is 9.59 Å². The first-order valence-corrected chi connectivity index (χ1v) is 9.28. The van der Waals surface area contributed by atoms with Gasteiger partial charge in [-0.2, -0.15) is 10.4 Å².